The van der Waals surface area contributed by atoms with Crippen molar-refractivity contribution in [2.45, 2.75) is 36.4 Å². The monoisotopic (exact) mass is 351 g/mol. The molecule has 0 aromatic carbocycles. The van der Waals surface area contributed by atoms with Gasteiger partial charge < -0.3 is 0 Å². The molecule has 1 aliphatic rings. The van der Waals surface area contributed by atoms with Crippen LogP contribution in [0, 0.1) is 0 Å². The topological polar surface area (TPSA) is 54.5 Å². The minimum absolute atomic E-state index is 0.0778. The predicted molar refractivity (Wildman–Crippen MR) is 74.2 cm³/mol. The lowest BCUT2D eigenvalue weighted by Gasteiger charge is -2.32. The zero-order valence-corrected chi connectivity index (χ0v) is 13.1. The normalized spacial score (nSPS) is 22.0. The molecular formula is C11H14BrNO3S2. The van der Waals surface area contributed by atoms with Gasteiger partial charge in [-0.3, -0.25) is 4.79 Å². The van der Waals surface area contributed by atoms with Crippen molar-refractivity contribution >= 4 is 43.1 Å². The first-order valence-corrected chi connectivity index (χ1v) is 8.81. The Labute approximate surface area is 119 Å². The van der Waals surface area contributed by atoms with Crippen LogP contribution in [0.3, 0.4) is 0 Å². The van der Waals surface area contributed by atoms with E-state index in [-0.39, 0.29) is 9.99 Å². The lowest BCUT2D eigenvalue weighted by molar-refractivity contribution is -0.121. The smallest absolute Gasteiger partial charge is 0.254 e. The summed E-state index contributed by atoms with van der Waals surface area (Å²) < 4.78 is 27.3. The molecule has 1 unspecified atom stereocenters. The first-order valence-electron chi connectivity index (χ1n) is 5.70. The quantitative estimate of drug-likeness (QED) is 0.840. The summed E-state index contributed by atoms with van der Waals surface area (Å²) >= 11 is 4.42. The van der Waals surface area contributed by atoms with Gasteiger partial charge in [-0.25, -0.2) is 8.42 Å². The van der Waals surface area contributed by atoms with E-state index < -0.39 is 16.1 Å². The van der Waals surface area contributed by atoms with Crippen LogP contribution in [-0.2, 0) is 14.8 Å². The Kier molecular flexibility index (Phi) is 4.25. The molecule has 1 aliphatic heterocycles. The molecule has 1 aromatic rings. The molecule has 18 heavy (non-hydrogen) atoms. The molecule has 1 saturated heterocycles. The molecule has 7 heteroatoms. The third-order valence-electron chi connectivity index (χ3n) is 3.05. The number of carbonyl (C=O) groups excluding carboxylic acids is 1. The number of ketones is 1. The largest absolute Gasteiger partial charge is 0.298 e. The van der Waals surface area contributed by atoms with Gasteiger partial charge in [-0.1, -0.05) is 6.42 Å². The van der Waals surface area contributed by atoms with Gasteiger partial charge in [0.05, 0.1) is 6.04 Å². The second-order valence-electron chi connectivity index (χ2n) is 4.29. The summed E-state index contributed by atoms with van der Waals surface area (Å²) in [7, 11) is -3.56. The third-order valence-corrected chi connectivity index (χ3v) is 7.61. The first-order chi connectivity index (χ1) is 8.44. The molecule has 100 valence electrons. The molecule has 0 amide bonds. The molecule has 1 aromatic heterocycles. The Morgan fingerprint density at radius 3 is 2.78 bits per heavy atom. The Morgan fingerprint density at radius 1 is 1.50 bits per heavy atom. The van der Waals surface area contributed by atoms with E-state index in [9.17, 15) is 13.2 Å². The van der Waals surface area contributed by atoms with E-state index in [0.29, 0.717) is 17.4 Å². The van der Waals surface area contributed by atoms with Gasteiger partial charge in [0.1, 0.15) is 9.99 Å². The van der Waals surface area contributed by atoms with Crippen molar-refractivity contribution in [3.63, 3.8) is 0 Å². The molecule has 2 rings (SSSR count). The summed E-state index contributed by atoms with van der Waals surface area (Å²) in [6, 6.07) is 1.21. The molecule has 2 heterocycles. The van der Waals surface area contributed by atoms with E-state index in [4.69, 9.17) is 0 Å². The number of hydrogen-bond donors (Lipinski definition) is 0. The maximum atomic E-state index is 12.5. The van der Waals surface area contributed by atoms with Crippen LogP contribution in [0.5, 0.6) is 0 Å². The highest BCUT2D eigenvalue weighted by molar-refractivity contribution is 9.10. The Bertz CT molecular complexity index is 552. The molecule has 4 nitrogen and oxygen atoms in total. The molecule has 1 fully saturated rings. The van der Waals surface area contributed by atoms with E-state index in [2.05, 4.69) is 15.9 Å². The minimum Gasteiger partial charge on any atom is -0.298 e. The van der Waals surface area contributed by atoms with E-state index >= 15 is 0 Å². The van der Waals surface area contributed by atoms with Crippen LogP contribution in [0.4, 0.5) is 0 Å². The van der Waals surface area contributed by atoms with Gasteiger partial charge in [0.15, 0.2) is 0 Å². The lowest BCUT2D eigenvalue weighted by atomic mass is 10.0. The van der Waals surface area contributed by atoms with Crippen molar-refractivity contribution in [2.24, 2.45) is 0 Å². The molecule has 0 bridgehead atoms. The zero-order chi connectivity index (χ0) is 13.3. The molecule has 1 atom stereocenters. The fourth-order valence-electron chi connectivity index (χ4n) is 2.17. The van der Waals surface area contributed by atoms with Crippen molar-refractivity contribution in [1.29, 1.82) is 0 Å². The van der Waals surface area contributed by atoms with Gasteiger partial charge in [0, 0.05) is 11.0 Å². The van der Waals surface area contributed by atoms with E-state index in [1.165, 1.54) is 22.6 Å². The number of piperidine rings is 1. The number of Topliss-reactive ketones (excluding diaryl/α,β-unsaturated/α-hetero) is 1. The molecule has 0 aliphatic carbocycles. The summed E-state index contributed by atoms with van der Waals surface area (Å²) in [5.74, 6) is -0.0778. The van der Waals surface area contributed by atoms with Crippen molar-refractivity contribution in [3.8, 4) is 0 Å². The van der Waals surface area contributed by atoms with E-state index in [1.807, 2.05) is 0 Å². The highest BCUT2D eigenvalue weighted by atomic mass is 79.9. The first kappa shape index (κ1) is 14.2. The molecule has 0 radical (unpaired) electrons. The number of nitrogens with zero attached hydrogens (tertiary/aromatic N) is 1. The van der Waals surface area contributed by atoms with Gasteiger partial charge in [-0.05, 0) is 47.1 Å². The molecule has 0 saturated carbocycles. The van der Waals surface area contributed by atoms with Gasteiger partial charge >= 0.3 is 0 Å². The van der Waals surface area contributed by atoms with Crippen LogP contribution >= 0.6 is 27.3 Å². The maximum Gasteiger partial charge on any atom is 0.254 e. The molecule has 0 spiro atoms. The highest BCUT2D eigenvalue weighted by Crippen LogP contribution is 2.33. The minimum atomic E-state index is -3.56. The Hall–Kier alpha value is -0.240. The second-order valence-corrected chi connectivity index (χ2v) is 8.15. The van der Waals surface area contributed by atoms with Crippen molar-refractivity contribution in [1.82, 2.24) is 4.31 Å². The predicted octanol–water partition coefficient (Wildman–Crippen LogP) is 2.64. The highest BCUT2D eigenvalue weighted by Gasteiger charge is 2.37. The van der Waals surface area contributed by atoms with Gasteiger partial charge in [-0.15, -0.1) is 11.3 Å². The maximum absolute atomic E-state index is 12.5. The number of thiophene rings is 1. The van der Waals surface area contributed by atoms with Gasteiger partial charge in [-0.2, -0.15) is 4.31 Å². The van der Waals surface area contributed by atoms with Gasteiger partial charge in [0.2, 0.25) is 0 Å². The fraction of sp³-hybridized carbons (Fsp3) is 0.545. The number of carbonyl (C=O) groups is 1. The summed E-state index contributed by atoms with van der Waals surface area (Å²) in [5, 5.41) is 1.73. The summed E-state index contributed by atoms with van der Waals surface area (Å²) in [5.41, 5.74) is 0. The Balaban J connectivity index is 2.39. The second kappa shape index (κ2) is 5.40. The van der Waals surface area contributed by atoms with Crippen LogP contribution in [0.2, 0.25) is 0 Å². The van der Waals surface area contributed by atoms with Crippen molar-refractivity contribution in [2.75, 3.05) is 6.54 Å². The van der Waals surface area contributed by atoms with E-state index in [1.54, 1.807) is 11.4 Å². The average molecular weight is 352 g/mol. The summed E-state index contributed by atoms with van der Waals surface area (Å²) in [6.45, 7) is 1.89. The number of sulfonamides is 1. The van der Waals surface area contributed by atoms with Gasteiger partial charge in [0.25, 0.3) is 10.0 Å². The zero-order valence-electron chi connectivity index (χ0n) is 9.93. The van der Waals surface area contributed by atoms with Crippen LogP contribution in [0.15, 0.2) is 20.1 Å². The summed E-state index contributed by atoms with van der Waals surface area (Å²) in [6.07, 6.45) is 2.34. The van der Waals surface area contributed by atoms with Crippen LogP contribution in [0.1, 0.15) is 26.2 Å². The average Bonchev–Trinajstić information content (AvgIpc) is 2.76. The SMILES string of the molecule is CC(=O)C1CCCCN1S(=O)(=O)c1sccc1Br. The van der Waals surface area contributed by atoms with Crippen molar-refractivity contribution < 1.29 is 13.2 Å². The van der Waals surface area contributed by atoms with Crippen molar-refractivity contribution in [3.05, 3.63) is 15.9 Å². The third kappa shape index (κ3) is 2.54. The molecule has 0 N–H and O–H groups in total. The number of halogens is 1. The standard InChI is InChI=1S/C11H14BrNO3S2/c1-8(14)10-4-2-3-6-13(10)18(15,16)11-9(12)5-7-17-11/h5,7,10H,2-4,6H2,1H3. The van der Waals surface area contributed by atoms with Crippen LogP contribution in [0.25, 0.3) is 0 Å². The molecular weight excluding hydrogens is 338 g/mol. The lowest BCUT2D eigenvalue weighted by Crippen LogP contribution is -2.46. The number of rotatable bonds is 3. The number of hydrogen-bond acceptors (Lipinski definition) is 4. The van der Waals surface area contributed by atoms with Crippen LogP contribution < -0.4 is 0 Å². The Morgan fingerprint density at radius 2 is 2.22 bits per heavy atom. The van der Waals surface area contributed by atoms with Crippen LogP contribution in [-0.4, -0.2) is 31.1 Å². The van der Waals surface area contributed by atoms with E-state index in [0.717, 1.165) is 12.8 Å². The summed E-state index contributed by atoms with van der Waals surface area (Å²) in [4.78, 5) is 11.6. The fourth-order valence-corrected chi connectivity index (χ4v) is 6.30.